The van der Waals surface area contributed by atoms with Crippen LogP contribution in [0.15, 0.2) is 0 Å². The van der Waals surface area contributed by atoms with E-state index in [9.17, 15) is 5.11 Å². The third-order valence-electron chi connectivity index (χ3n) is 4.35. The number of unbranched alkanes of at least 4 members (excludes halogenated alkanes) is 4. The normalized spacial score (nSPS) is 15.2. The molecule has 0 radical (unpaired) electrons. The van der Waals surface area contributed by atoms with Crippen molar-refractivity contribution < 1.29 is 5.11 Å². The lowest BCUT2D eigenvalue weighted by Crippen LogP contribution is -2.49. The number of hydrogen-bond donors (Lipinski definition) is 1. The molecular formula is C14H32OSi. The summed E-state index contributed by atoms with van der Waals surface area (Å²) in [6.45, 7) is 13.7. The zero-order valence-corrected chi connectivity index (χ0v) is 13.3. The maximum atomic E-state index is 10.3. The first-order chi connectivity index (χ1) is 7.23. The highest BCUT2D eigenvalue weighted by molar-refractivity contribution is 6.81. The van der Waals surface area contributed by atoms with Gasteiger partial charge in [-0.15, -0.1) is 0 Å². The zero-order valence-electron chi connectivity index (χ0n) is 12.3. The third-order valence-corrected chi connectivity index (χ3v) is 10.2. The molecule has 0 saturated heterocycles. The van der Waals surface area contributed by atoms with Gasteiger partial charge in [-0.3, -0.25) is 0 Å². The molecule has 1 nitrogen and oxygen atoms in total. The van der Waals surface area contributed by atoms with Gasteiger partial charge in [0.25, 0.3) is 0 Å². The van der Waals surface area contributed by atoms with Gasteiger partial charge in [0, 0.05) is 5.73 Å². The Balaban J connectivity index is 3.92. The Morgan fingerprint density at radius 3 is 1.94 bits per heavy atom. The summed E-state index contributed by atoms with van der Waals surface area (Å²) in [7, 11) is -1.52. The largest absolute Gasteiger partial charge is 0.397 e. The van der Waals surface area contributed by atoms with Crippen molar-refractivity contribution in [1.82, 2.24) is 0 Å². The van der Waals surface area contributed by atoms with Gasteiger partial charge in [-0.1, -0.05) is 72.9 Å². The van der Waals surface area contributed by atoms with Crippen molar-refractivity contribution >= 4 is 8.07 Å². The molecule has 0 fully saturated rings. The summed E-state index contributed by atoms with van der Waals surface area (Å²) < 4.78 is 0. The van der Waals surface area contributed by atoms with Crippen LogP contribution in [-0.2, 0) is 0 Å². The third kappa shape index (κ3) is 5.01. The lowest BCUT2D eigenvalue weighted by molar-refractivity contribution is 0.222. The average molecular weight is 244 g/mol. The molecule has 16 heavy (non-hydrogen) atoms. The number of aliphatic hydroxyl groups excluding tert-OH is 1. The van der Waals surface area contributed by atoms with Crippen molar-refractivity contribution in [1.29, 1.82) is 0 Å². The first kappa shape index (κ1) is 16.2. The van der Waals surface area contributed by atoms with E-state index in [1.54, 1.807) is 0 Å². The van der Waals surface area contributed by atoms with Crippen molar-refractivity contribution in [2.45, 2.75) is 90.1 Å². The lowest BCUT2D eigenvalue weighted by atomic mass is 10.1. The maximum Gasteiger partial charge on any atom is 0.0864 e. The Morgan fingerprint density at radius 2 is 1.50 bits per heavy atom. The Bertz CT molecular complexity index is 182. The molecule has 0 heterocycles. The highest BCUT2D eigenvalue weighted by atomic mass is 28.3. The quantitative estimate of drug-likeness (QED) is 0.506. The summed E-state index contributed by atoms with van der Waals surface area (Å²) in [5, 5.41) is 10.6. The van der Waals surface area contributed by atoms with Crippen molar-refractivity contribution in [3.63, 3.8) is 0 Å². The minimum absolute atomic E-state index is 0.0332. The summed E-state index contributed by atoms with van der Waals surface area (Å²) in [5.41, 5.74) is -0.0332. The second-order valence-corrected chi connectivity index (χ2v) is 12.3. The molecule has 0 aromatic carbocycles. The first-order valence-electron chi connectivity index (χ1n) is 6.91. The molecule has 0 aromatic heterocycles. The fourth-order valence-electron chi connectivity index (χ4n) is 1.80. The van der Waals surface area contributed by atoms with Crippen LogP contribution < -0.4 is 0 Å². The van der Waals surface area contributed by atoms with Crippen LogP contribution in [0.1, 0.15) is 66.2 Å². The van der Waals surface area contributed by atoms with E-state index in [-0.39, 0.29) is 5.73 Å². The Hall–Kier alpha value is 0.177. The van der Waals surface area contributed by atoms with Crippen LogP contribution in [0, 0.1) is 0 Å². The number of aliphatic hydroxyl groups is 1. The van der Waals surface area contributed by atoms with Crippen LogP contribution in [0.25, 0.3) is 0 Å². The molecule has 0 aliphatic carbocycles. The summed E-state index contributed by atoms with van der Waals surface area (Å²) in [5.74, 6) is 0. The van der Waals surface area contributed by atoms with E-state index >= 15 is 0 Å². The second-order valence-electron chi connectivity index (χ2n) is 6.69. The molecule has 0 amide bonds. The summed E-state index contributed by atoms with van der Waals surface area (Å²) in [4.78, 5) is 0. The van der Waals surface area contributed by atoms with Crippen LogP contribution >= 0.6 is 0 Å². The van der Waals surface area contributed by atoms with Crippen molar-refractivity contribution in [3.8, 4) is 0 Å². The molecule has 0 bridgehead atoms. The molecule has 0 saturated carbocycles. The zero-order chi connectivity index (χ0) is 12.8. The Kier molecular flexibility index (Phi) is 6.88. The van der Waals surface area contributed by atoms with Gasteiger partial charge in [0.1, 0.15) is 0 Å². The molecular weight excluding hydrogens is 212 g/mol. The lowest BCUT2D eigenvalue weighted by Gasteiger charge is -2.40. The average Bonchev–Trinajstić information content (AvgIpc) is 2.15. The molecule has 0 aliphatic rings. The predicted octanol–water partition coefficient (Wildman–Crippen LogP) is 4.76. The summed E-state index contributed by atoms with van der Waals surface area (Å²) >= 11 is 0. The Morgan fingerprint density at radius 1 is 1.00 bits per heavy atom. The van der Waals surface area contributed by atoms with Gasteiger partial charge in [-0.05, 0) is 11.5 Å². The number of hydrogen-bond acceptors (Lipinski definition) is 1. The van der Waals surface area contributed by atoms with Crippen molar-refractivity contribution in [2.75, 3.05) is 0 Å². The maximum absolute atomic E-state index is 10.3. The fraction of sp³-hybridized carbons (Fsp3) is 1.00. The topological polar surface area (TPSA) is 20.2 Å². The van der Waals surface area contributed by atoms with Gasteiger partial charge < -0.3 is 5.11 Å². The van der Waals surface area contributed by atoms with E-state index in [0.29, 0.717) is 5.04 Å². The molecule has 0 rings (SSSR count). The SMILES string of the molecule is CCCCCCCC(O)[Si](C)(C)C(C)(C)C. The minimum atomic E-state index is -1.52. The van der Waals surface area contributed by atoms with Crippen LogP contribution in [0.4, 0.5) is 0 Å². The van der Waals surface area contributed by atoms with E-state index in [1.807, 2.05) is 0 Å². The van der Waals surface area contributed by atoms with Gasteiger partial charge in [-0.2, -0.15) is 0 Å². The van der Waals surface area contributed by atoms with Gasteiger partial charge in [-0.25, -0.2) is 0 Å². The van der Waals surface area contributed by atoms with Crippen LogP contribution in [-0.4, -0.2) is 18.9 Å². The molecule has 98 valence electrons. The van der Waals surface area contributed by atoms with Gasteiger partial charge in [0.2, 0.25) is 0 Å². The van der Waals surface area contributed by atoms with E-state index < -0.39 is 8.07 Å². The predicted molar refractivity (Wildman–Crippen MR) is 76.6 cm³/mol. The second kappa shape index (κ2) is 6.80. The molecule has 0 spiro atoms. The van der Waals surface area contributed by atoms with Crippen LogP contribution in [0.2, 0.25) is 18.1 Å². The minimum Gasteiger partial charge on any atom is -0.397 e. The Labute approximate surface area is 104 Å². The molecule has 1 unspecified atom stereocenters. The summed E-state index contributed by atoms with van der Waals surface area (Å²) in [6, 6.07) is 0. The smallest absolute Gasteiger partial charge is 0.0864 e. The van der Waals surface area contributed by atoms with E-state index in [2.05, 4.69) is 40.8 Å². The first-order valence-corrected chi connectivity index (χ1v) is 9.99. The van der Waals surface area contributed by atoms with E-state index in [0.717, 1.165) is 6.42 Å². The fourth-order valence-corrected chi connectivity index (χ4v) is 3.73. The van der Waals surface area contributed by atoms with Crippen molar-refractivity contribution in [2.24, 2.45) is 0 Å². The van der Waals surface area contributed by atoms with E-state index in [4.69, 9.17) is 0 Å². The monoisotopic (exact) mass is 244 g/mol. The van der Waals surface area contributed by atoms with Crippen LogP contribution in [0.3, 0.4) is 0 Å². The van der Waals surface area contributed by atoms with Gasteiger partial charge in [0.15, 0.2) is 0 Å². The number of rotatable bonds is 7. The van der Waals surface area contributed by atoms with Crippen molar-refractivity contribution in [3.05, 3.63) is 0 Å². The molecule has 0 aliphatic heterocycles. The molecule has 0 aromatic rings. The standard InChI is InChI=1S/C14H32OSi/c1-7-8-9-10-11-12-13(15)16(5,6)14(2,3)4/h13,15H,7-12H2,1-6H3. The molecule has 1 atom stereocenters. The highest BCUT2D eigenvalue weighted by Gasteiger charge is 2.40. The van der Waals surface area contributed by atoms with Gasteiger partial charge >= 0.3 is 0 Å². The highest BCUT2D eigenvalue weighted by Crippen LogP contribution is 2.39. The molecule has 1 N–H and O–H groups in total. The molecule has 2 heteroatoms. The van der Waals surface area contributed by atoms with Gasteiger partial charge in [0.05, 0.1) is 8.07 Å². The summed E-state index contributed by atoms with van der Waals surface area (Å²) in [6.07, 6.45) is 7.48. The van der Waals surface area contributed by atoms with E-state index in [1.165, 1.54) is 32.1 Å². The van der Waals surface area contributed by atoms with Crippen LogP contribution in [0.5, 0.6) is 0 Å².